The second kappa shape index (κ2) is 12.2. The van der Waals surface area contributed by atoms with Crippen LogP contribution in [-0.4, -0.2) is 53.9 Å². The smallest absolute Gasteiger partial charge is 0.144 e. The number of benzene rings is 3. The predicted octanol–water partition coefficient (Wildman–Crippen LogP) is 3.50. The van der Waals surface area contributed by atoms with Gasteiger partial charge in [0.2, 0.25) is 0 Å². The van der Waals surface area contributed by atoms with Crippen molar-refractivity contribution in [3.63, 3.8) is 0 Å². The molecule has 1 saturated heterocycles. The van der Waals surface area contributed by atoms with Crippen LogP contribution in [0.3, 0.4) is 0 Å². The molecule has 6 nitrogen and oxygen atoms in total. The van der Waals surface area contributed by atoms with Gasteiger partial charge in [0.15, 0.2) is 0 Å². The summed E-state index contributed by atoms with van der Waals surface area (Å²) in [5.41, 5.74) is 1.85. The minimum atomic E-state index is -1.17. The highest BCUT2D eigenvalue weighted by molar-refractivity contribution is 5.16. The van der Waals surface area contributed by atoms with E-state index in [-0.39, 0.29) is 19.8 Å². The van der Waals surface area contributed by atoms with Crippen molar-refractivity contribution in [2.45, 2.75) is 43.7 Å². The van der Waals surface area contributed by atoms with Crippen LogP contribution in [0.5, 0.6) is 0 Å². The quantitative estimate of drug-likeness (QED) is 0.427. The third-order valence-electron chi connectivity index (χ3n) is 6.03. The van der Waals surface area contributed by atoms with Crippen LogP contribution in [0.4, 0.5) is 0 Å². The maximum absolute atomic E-state index is 10.5. The maximum atomic E-state index is 10.5. The lowest BCUT2D eigenvalue weighted by Crippen LogP contribution is -2.51. The van der Waals surface area contributed by atoms with Crippen molar-refractivity contribution in [2.24, 2.45) is 0 Å². The SMILES string of the molecule is OC[C@H]1O[C@](CO)(COCc2ccccc2)[C@@H](OCc2ccccc2)[C@@H]1OCc1ccccc1. The number of hydrogen-bond donors (Lipinski definition) is 2. The van der Waals surface area contributed by atoms with Gasteiger partial charge in [0.25, 0.3) is 0 Å². The monoisotopic (exact) mass is 464 g/mol. The van der Waals surface area contributed by atoms with E-state index < -0.39 is 23.9 Å². The summed E-state index contributed by atoms with van der Waals surface area (Å²) >= 11 is 0. The van der Waals surface area contributed by atoms with Crippen molar-refractivity contribution in [1.82, 2.24) is 0 Å². The zero-order valence-corrected chi connectivity index (χ0v) is 19.2. The highest BCUT2D eigenvalue weighted by Gasteiger charge is 2.56. The first kappa shape index (κ1) is 24.5. The average Bonchev–Trinajstić information content (AvgIpc) is 3.20. The molecule has 3 aromatic rings. The van der Waals surface area contributed by atoms with Crippen LogP contribution < -0.4 is 0 Å². The molecule has 0 aliphatic carbocycles. The van der Waals surface area contributed by atoms with Gasteiger partial charge >= 0.3 is 0 Å². The van der Waals surface area contributed by atoms with Gasteiger partial charge in [-0.15, -0.1) is 0 Å². The molecule has 3 aromatic carbocycles. The van der Waals surface area contributed by atoms with Gasteiger partial charge in [0.1, 0.15) is 23.9 Å². The Balaban J connectivity index is 1.52. The maximum Gasteiger partial charge on any atom is 0.144 e. The largest absolute Gasteiger partial charge is 0.394 e. The molecule has 0 radical (unpaired) electrons. The van der Waals surface area contributed by atoms with Crippen LogP contribution in [0.2, 0.25) is 0 Å². The summed E-state index contributed by atoms with van der Waals surface area (Å²) < 4.78 is 24.8. The molecule has 4 rings (SSSR count). The molecule has 1 heterocycles. The summed E-state index contributed by atoms with van der Waals surface area (Å²) in [5, 5.41) is 20.6. The zero-order chi connectivity index (χ0) is 23.6. The van der Waals surface area contributed by atoms with Crippen LogP contribution in [0.15, 0.2) is 91.0 Å². The fraction of sp³-hybridized carbons (Fsp3) is 0.357. The number of hydrogen-bond acceptors (Lipinski definition) is 6. The second-order valence-corrected chi connectivity index (χ2v) is 8.52. The Morgan fingerprint density at radius 1 is 0.676 bits per heavy atom. The van der Waals surface area contributed by atoms with E-state index >= 15 is 0 Å². The Kier molecular flexibility index (Phi) is 8.82. The summed E-state index contributed by atoms with van der Waals surface area (Å²) in [6.45, 7) is 0.534. The van der Waals surface area contributed by atoms with Crippen molar-refractivity contribution in [3.05, 3.63) is 108 Å². The summed E-state index contributed by atoms with van der Waals surface area (Å²) in [6.07, 6.45) is -1.88. The zero-order valence-electron chi connectivity index (χ0n) is 19.2. The van der Waals surface area contributed by atoms with Crippen LogP contribution >= 0.6 is 0 Å². The molecule has 1 fully saturated rings. The van der Waals surface area contributed by atoms with Crippen LogP contribution in [0.1, 0.15) is 16.7 Å². The highest BCUT2D eigenvalue weighted by atomic mass is 16.6. The van der Waals surface area contributed by atoms with Gasteiger partial charge in [-0.3, -0.25) is 0 Å². The van der Waals surface area contributed by atoms with Gasteiger partial charge < -0.3 is 29.2 Å². The second-order valence-electron chi connectivity index (χ2n) is 8.52. The Hall–Kier alpha value is -2.58. The van der Waals surface area contributed by atoms with E-state index in [2.05, 4.69) is 0 Å². The molecule has 0 aromatic heterocycles. The van der Waals surface area contributed by atoms with Crippen molar-refractivity contribution in [3.8, 4) is 0 Å². The molecule has 6 heteroatoms. The minimum Gasteiger partial charge on any atom is -0.394 e. The molecule has 1 aliphatic rings. The molecular weight excluding hydrogens is 432 g/mol. The first-order chi connectivity index (χ1) is 16.7. The first-order valence-corrected chi connectivity index (χ1v) is 11.6. The average molecular weight is 465 g/mol. The van der Waals surface area contributed by atoms with E-state index in [4.69, 9.17) is 18.9 Å². The molecule has 4 atom stereocenters. The molecule has 34 heavy (non-hydrogen) atoms. The van der Waals surface area contributed by atoms with E-state index in [1.807, 2.05) is 91.0 Å². The van der Waals surface area contributed by atoms with Gasteiger partial charge in [0.05, 0.1) is 39.6 Å². The van der Waals surface area contributed by atoms with Crippen molar-refractivity contribution in [1.29, 1.82) is 0 Å². The van der Waals surface area contributed by atoms with Crippen molar-refractivity contribution < 1.29 is 29.2 Å². The number of aliphatic hydroxyl groups excluding tert-OH is 2. The van der Waals surface area contributed by atoms with Crippen molar-refractivity contribution in [2.75, 3.05) is 19.8 Å². The van der Waals surface area contributed by atoms with Crippen molar-refractivity contribution >= 4 is 0 Å². The summed E-state index contributed by atoms with van der Waals surface area (Å²) in [6, 6.07) is 29.4. The summed E-state index contributed by atoms with van der Waals surface area (Å²) in [4.78, 5) is 0. The fourth-order valence-electron chi connectivity index (χ4n) is 4.24. The highest BCUT2D eigenvalue weighted by Crippen LogP contribution is 2.37. The lowest BCUT2D eigenvalue weighted by atomic mass is 9.95. The van der Waals surface area contributed by atoms with Gasteiger partial charge in [-0.05, 0) is 16.7 Å². The molecule has 0 unspecified atom stereocenters. The Labute approximate surface area is 200 Å². The number of aliphatic hydroxyl groups is 2. The van der Waals surface area contributed by atoms with E-state index in [9.17, 15) is 10.2 Å². The molecule has 0 spiro atoms. The van der Waals surface area contributed by atoms with Crippen LogP contribution in [0, 0.1) is 0 Å². The molecule has 0 bridgehead atoms. The third-order valence-corrected chi connectivity index (χ3v) is 6.03. The van der Waals surface area contributed by atoms with E-state index in [1.165, 1.54) is 0 Å². The predicted molar refractivity (Wildman–Crippen MR) is 128 cm³/mol. The molecule has 0 saturated carbocycles. The third kappa shape index (κ3) is 6.10. The van der Waals surface area contributed by atoms with Gasteiger partial charge in [-0.2, -0.15) is 0 Å². The van der Waals surface area contributed by atoms with Gasteiger partial charge in [0, 0.05) is 0 Å². The fourth-order valence-corrected chi connectivity index (χ4v) is 4.24. The molecule has 180 valence electrons. The molecule has 0 amide bonds. The summed E-state index contributed by atoms with van der Waals surface area (Å²) in [5.74, 6) is 0. The van der Waals surface area contributed by atoms with Gasteiger partial charge in [-0.1, -0.05) is 91.0 Å². The lowest BCUT2D eigenvalue weighted by molar-refractivity contribution is -0.170. The molecule has 1 aliphatic heterocycles. The number of ether oxygens (including phenoxy) is 4. The molecular formula is C28H32O6. The topological polar surface area (TPSA) is 77.4 Å². The van der Waals surface area contributed by atoms with E-state index in [1.54, 1.807) is 0 Å². The van der Waals surface area contributed by atoms with Gasteiger partial charge in [-0.25, -0.2) is 0 Å². The lowest BCUT2D eigenvalue weighted by Gasteiger charge is -2.33. The molecule has 2 N–H and O–H groups in total. The summed E-state index contributed by atoms with van der Waals surface area (Å²) in [7, 11) is 0. The Morgan fingerprint density at radius 2 is 1.18 bits per heavy atom. The number of rotatable bonds is 12. The standard InChI is InChI=1S/C28H32O6/c29-16-25-26(32-18-23-12-6-2-7-13-23)27(33-19-24-14-8-3-9-15-24)28(20-30,34-25)21-31-17-22-10-4-1-5-11-22/h1-15,25-27,29-30H,16-21H2/t25-,26-,27+,28-/m1/s1. The normalized spacial score (nSPS) is 24.4. The van der Waals surface area contributed by atoms with E-state index in [0.717, 1.165) is 16.7 Å². The minimum absolute atomic E-state index is 0.0968. The van der Waals surface area contributed by atoms with Crippen LogP contribution in [-0.2, 0) is 38.8 Å². The Bertz CT molecular complexity index is 968. The van der Waals surface area contributed by atoms with Crippen LogP contribution in [0.25, 0.3) is 0 Å². The first-order valence-electron chi connectivity index (χ1n) is 11.6. The Morgan fingerprint density at radius 3 is 1.68 bits per heavy atom. The van der Waals surface area contributed by atoms with E-state index in [0.29, 0.717) is 19.8 Å².